The average Bonchev–Trinajstić information content (AvgIpc) is 2.75. The zero-order valence-corrected chi connectivity index (χ0v) is 18.6. The summed E-state index contributed by atoms with van der Waals surface area (Å²) in [6.45, 7) is 11.3. The lowest BCUT2D eigenvalue weighted by molar-refractivity contribution is 0.102. The maximum Gasteiger partial charge on any atom is 0.255 e. The van der Waals surface area contributed by atoms with Crippen molar-refractivity contribution in [1.29, 1.82) is 0 Å². The van der Waals surface area contributed by atoms with Gasteiger partial charge in [0.25, 0.3) is 5.91 Å². The van der Waals surface area contributed by atoms with Crippen molar-refractivity contribution in [2.24, 2.45) is 0 Å². The van der Waals surface area contributed by atoms with E-state index in [1.807, 2.05) is 19.1 Å². The van der Waals surface area contributed by atoms with E-state index < -0.39 is 10.0 Å². The lowest BCUT2D eigenvalue weighted by Gasteiger charge is -2.35. The van der Waals surface area contributed by atoms with Gasteiger partial charge in [-0.1, -0.05) is 19.9 Å². The Kier molecular flexibility index (Phi) is 7.12. The predicted molar refractivity (Wildman–Crippen MR) is 121 cm³/mol. The molecule has 0 saturated carbocycles. The average molecular weight is 431 g/mol. The number of sulfonamides is 1. The topological polar surface area (TPSA) is 81.7 Å². The highest BCUT2D eigenvalue weighted by molar-refractivity contribution is 7.89. The number of carbonyl (C=O) groups excluding carboxylic acids is 1. The van der Waals surface area contributed by atoms with E-state index in [0.717, 1.165) is 49.7 Å². The monoisotopic (exact) mass is 430 g/mol. The molecule has 0 atom stereocenters. The zero-order valence-electron chi connectivity index (χ0n) is 17.8. The molecule has 1 aliphatic heterocycles. The van der Waals surface area contributed by atoms with Crippen LogP contribution in [0, 0.1) is 6.92 Å². The Labute approximate surface area is 179 Å². The summed E-state index contributed by atoms with van der Waals surface area (Å²) in [5.41, 5.74) is 3.14. The fourth-order valence-electron chi connectivity index (χ4n) is 3.58. The van der Waals surface area contributed by atoms with Crippen LogP contribution in [0.15, 0.2) is 47.4 Å². The normalized spacial score (nSPS) is 15.2. The summed E-state index contributed by atoms with van der Waals surface area (Å²) in [4.78, 5) is 17.6. The van der Waals surface area contributed by atoms with Gasteiger partial charge < -0.3 is 15.1 Å². The standard InChI is InChI=1S/C22H30N4O3S/c1-4-23-30(28,29)20-8-6-7-18(16-20)22(27)24-21-10-9-19(15-17(21)3)26-13-11-25(5-2)12-14-26/h6-10,15-16,23H,4-5,11-14H2,1-3H3,(H,24,27). The highest BCUT2D eigenvalue weighted by Crippen LogP contribution is 2.24. The Morgan fingerprint density at radius 1 is 1.03 bits per heavy atom. The molecule has 7 nitrogen and oxygen atoms in total. The molecule has 2 N–H and O–H groups in total. The van der Waals surface area contributed by atoms with Crippen molar-refractivity contribution in [1.82, 2.24) is 9.62 Å². The molecule has 0 bridgehead atoms. The van der Waals surface area contributed by atoms with Gasteiger partial charge in [0.1, 0.15) is 0 Å². The summed E-state index contributed by atoms with van der Waals surface area (Å²) < 4.78 is 26.8. The van der Waals surface area contributed by atoms with E-state index >= 15 is 0 Å². The van der Waals surface area contributed by atoms with Gasteiger partial charge in [0.05, 0.1) is 4.90 Å². The Morgan fingerprint density at radius 2 is 1.77 bits per heavy atom. The predicted octanol–water partition coefficient (Wildman–Crippen LogP) is 2.69. The van der Waals surface area contributed by atoms with Crippen LogP contribution in [-0.4, -0.2) is 58.5 Å². The van der Waals surface area contributed by atoms with Gasteiger partial charge in [0.2, 0.25) is 10.0 Å². The molecule has 2 aromatic carbocycles. The Bertz CT molecular complexity index is 999. The van der Waals surface area contributed by atoms with E-state index in [1.165, 1.54) is 12.1 Å². The lowest BCUT2D eigenvalue weighted by Crippen LogP contribution is -2.46. The number of nitrogens with zero attached hydrogens (tertiary/aromatic N) is 2. The number of hydrogen-bond acceptors (Lipinski definition) is 5. The largest absolute Gasteiger partial charge is 0.369 e. The first kappa shape index (κ1) is 22.3. The third kappa shape index (κ3) is 5.19. The molecule has 30 heavy (non-hydrogen) atoms. The van der Waals surface area contributed by atoms with Crippen LogP contribution >= 0.6 is 0 Å². The minimum absolute atomic E-state index is 0.0790. The van der Waals surface area contributed by atoms with Crippen molar-refractivity contribution in [2.75, 3.05) is 49.5 Å². The SMILES string of the molecule is CCNS(=O)(=O)c1cccc(C(=O)Nc2ccc(N3CCN(CC)CC3)cc2C)c1. The Balaban J connectivity index is 1.72. The van der Waals surface area contributed by atoms with E-state index in [-0.39, 0.29) is 17.3 Å². The molecule has 162 valence electrons. The molecule has 1 aliphatic rings. The number of piperazine rings is 1. The Hall–Kier alpha value is -2.42. The van der Waals surface area contributed by atoms with Crippen LogP contribution in [0.5, 0.6) is 0 Å². The summed E-state index contributed by atoms with van der Waals surface area (Å²) in [7, 11) is -3.61. The second-order valence-electron chi connectivity index (χ2n) is 7.40. The maximum atomic E-state index is 12.7. The van der Waals surface area contributed by atoms with E-state index in [1.54, 1.807) is 19.1 Å². The fourth-order valence-corrected chi connectivity index (χ4v) is 4.67. The van der Waals surface area contributed by atoms with E-state index in [2.05, 4.69) is 32.8 Å². The molecule has 2 aromatic rings. The zero-order chi connectivity index (χ0) is 21.7. The first-order valence-corrected chi connectivity index (χ1v) is 11.8. The van der Waals surface area contributed by atoms with Crippen molar-refractivity contribution < 1.29 is 13.2 Å². The second-order valence-corrected chi connectivity index (χ2v) is 9.17. The summed E-state index contributed by atoms with van der Waals surface area (Å²) in [6, 6.07) is 12.1. The lowest BCUT2D eigenvalue weighted by atomic mass is 10.1. The molecule has 3 rings (SSSR count). The molecule has 0 radical (unpaired) electrons. The summed E-state index contributed by atoms with van der Waals surface area (Å²) in [5, 5.41) is 2.90. The molecule has 1 heterocycles. The van der Waals surface area contributed by atoms with Crippen LogP contribution < -0.4 is 14.9 Å². The van der Waals surface area contributed by atoms with Crippen molar-refractivity contribution in [3.8, 4) is 0 Å². The molecule has 1 amide bonds. The van der Waals surface area contributed by atoms with Crippen LogP contribution in [0.3, 0.4) is 0 Å². The summed E-state index contributed by atoms with van der Waals surface area (Å²) in [5.74, 6) is -0.337. The van der Waals surface area contributed by atoms with Gasteiger partial charge in [-0.3, -0.25) is 4.79 Å². The van der Waals surface area contributed by atoms with Crippen LogP contribution in [0.1, 0.15) is 29.8 Å². The molecule has 0 aliphatic carbocycles. The number of amides is 1. The number of benzene rings is 2. The minimum atomic E-state index is -3.61. The molecule has 0 aromatic heterocycles. The molecule has 0 unspecified atom stereocenters. The van der Waals surface area contributed by atoms with Crippen LogP contribution in [-0.2, 0) is 10.0 Å². The van der Waals surface area contributed by atoms with E-state index in [4.69, 9.17) is 0 Å². The fraction of sp³-hybridized carbons (Fsp3) is 0.409. The van der Waals surface area contributed by atoms with Crippen molar-refractivity contribution in [2.45, 2.75) is 25.7 Å². The second kappa shape index (κ2) is 9.59. The third-order valence-corrected chi connectivity index (χ3v) is 6.93. The molecule has 0 spiro atoms. The molecular weight excluding hydrogens is 400 g/mol. The van der Waals surface area contributed by atoms with E-state index in [0.29, 0.717) is 5.56 Å². The van der Waals surface area contributed by atoms with Crippen molar-refractivity contribution in [3.05, 3.63) is 53.6 Å². The minimum Gasteiger partial charge on any atom is -0.369 e. The number of hydrogen-bond donors (Lipinski definition) is 2. The number of likely N-dealkylation sites (N-methyl/N-ethyl adjacent to an activating group) is 1. The van der Waals surface area contributed by atoms with Gasteiger partial charge >= 0.3 is 0 Å². The highest BCUT2D eigenvalue weighted by Gasteiger charge is 2.18. The van der Waals surface area contributed by atoms with Crippen molar-refractivity contribution in [3.63, 3.8) is 0 Å². The molecule has 1 saturated heterocycles. The number of carbonyl (C=O) groups is 1. The van der Waals surface area contributed by atoms with Gasteiger partial charge in [-0.15, -0.1) is 0 Å². The van der Waals surface area contributed by atoms with Gasteiger partial charge in [-0.2, -0.15) is 0 Å². The number of nitrogens with one attached hydrogen (secondary N) is 2. The molecule has 1 fully saturated rings. The number of anilines is 2. The third-order valence-electron chi connectivity index (χ3n) is 5.38. The summed E-state index contributed by atoms with van der Waals surface area (Å²) in [6.07, 6.45) is 0. The molecule has 8 heteroatoms. The van der Waals surface area contributed by atoms with Gasteiger partial charge in [-0.25, -0.2) is 13.1 Å². The Morgan fingerprint density at radius 3 is 2.40 bits per heavy atom. The number of rotatable bonds is 7. The number of aryl methyl sites for hydroxylation is 1. The van der Waals surface area contributed by atoms with Gasteiger partial charge in [0.15, 0.2) is 0 Å². The molecular formula is C22H30N4O3S. The van der Waals surface area contributed by atoms with Crippen LogP contribution in [0.2, 0.25) is 0 Å². The summed E-state index contributed by atoms with van der Waals surface area (Å²) >= 11 is 0. The van der Waals surface area contributed by atoms with Crippen LogP contribution in [0.4, 0.5) is 11.4 Å². The smallest absolute Gasteiger partial charge is 0.255 e. The van der Waals surface area contributed by atoms with E-state index in [9.17, 15) is 13.2 Å². The van der Waals surface area contributed by atoms with Gasteiger partial charge in [0, 0.05) is 49.7 Å². The quantitative estimate of drug-likeness (QED) is 0.706. The van der Waals surface area contributed by atoms with Crippen LogP contribution in [0.25, 0.3) is 0 Å². The first-order valence-electron chi connectivity index (χ1n) is 10.3. The van der Waals surface area contributed by atoms with Gasteiger partial charge in [-0.05, 0) is 55.4 Å². The highest BCUT2D eigenvalue weighted by atomic mass is 32.2. The maximum absolute atomic E-state index is 12.7. The first-order chi connectivity index (χ1) is 14.3. The van der Waals surface area contributed by atoms with Crippen molar-refractivity contribution >= 4 is 27.3 Å².